The molecular formula is C18H37N3. The van der Waals surface area contributed by atoms with Crippen molar-refractivity contribution >= 4 is 0 Å². The van der Waals surface area contributed by atoms with Crippen LogP contribution in [-0.2, 0) is 0 Å². The van der Waals surface area contributed by atoms with Crippen molar-refractivity contribution in [3.8, 4) is 0 Å². The van der Waals surface area contributed by atoms with E-state index in [0.29, 0.717) is 11.0 Å². The van der Waals surface area contributed by atoms with Gasteiger partial charge in [-0.25, -0.2) is 0 Å². The van der Waals surface area contributed by atoms with Crippen molar-refractivity contribution in [3.05, 3.63) is 0 Å². The van der Waals surface area contributed by atoms with Gasteiger partial charge in [-0.1, -0.05) is 20.8 Å². The summed E-state index contributed by atoms with van der Waals surface area (Å²) in [5, 5.41) is 0. The fourth-order valence-corrected chi connectivity index (χ4v) is 3.86. The van der Waals surface area contributed by atoms with Gasteiger partial charge in [0.25, 0.3) is 0 Å². The van der Waals surface area contributed by atoms with Crippen LogP contribution in [-0.4, -0.2) is 72.1 Å². The largest absolute Gasteiger partial charge is 0.300 e. The summed E-state index contributed by atoms with van der Waals surface area (Å²) in [6.07, 6.45) is 2.72. The van der Waals surface area contributed by atoms with E-state index in [4.69, 9.17) is 0 Å². The smallest absolute Gasteiger partial charge is 0.0125 e. The number of piperidine rings is 1. The Kier molecular flexibility index (Phi) is 5.38. The summed E-state index contributed by atoms with van der Waals surface area (Å²) in [5.41, 5.74) is 0.774. The number of nitrogens with zero attached hydrogens (tertiary/aromatic N) is 3. The van der Waals surface area contributed by atoms with Crippen molar-refractivity contribution in [2.24, 2.45) is 5.41 Å². The van der Waals surface area contributed by atoms with Crippen molar-refractivity contribution in [2.45, 2.75) is 66.0 Å². The van der Waals surface area contributed by atoms with Crippen LogP contribution >= 0.6 is 0 Å². The first-order valence-corrected chi connectivity index (χ1v) is 8.87. The van der Waals surface area contributed by atoms with Crippen molar-refractivity contribution < 1.29 is 0 Å². The summed E-state index contributed by atoms with van der Waals surface area (Å²) in [4.78, 5) is 8.07. The maximum atomic E-state index is 2.76. The lowest BCUT2D eigenvalue weighted by Crippen LogP contribution is -2.56. The van der Waals surface area contributed by atoms with Gasteiger partial charge in [0.2, 0.25) is 0 Å². The number of hydrogen-bond acceptors (Lipinski definition) is 3. The molecule has 0 spiro atoms. The average Bonchev–Trinajstić information content (AvgIpc) is 2.37. The van der Waals surface area contributed by atoms with Gasteiger partial charge < -0.3 is 4.90 Å². The summed E-state index contributed by atoms with van der Waals surface area (Å²) < 4.78 is 0. The fourth-order valence-electron chi connectivity index (χ4n) is 3.86. The molecule has 0 aliphatic carbocycles. The average molecular weight is 296 g/mol. The van der Waals surface area contributed by atoms with Crippen molar-refractivity contribution in [3.63, 3.8) is 0 Å². The van der Waals surface area contributed by atoms with E-state index in [9.17, 15) is 0 Å². The summed E-state index contributed by atoms with van der Waals surface area (Å²) in [7, 11) is 0. The van der Waals surface area contributed by atoms with E-state index in [2.05, 4.69) is 56.2 Å². The molecule has 0 atom stereocenters. The Morgan fingerprint density at radius 1 is 0.762 bits per heavy atom. The maximum Gasteiger partial charge on any atom is 0.0125 e. The van der Waals surface area contributed by atoms with E-state index in [1.54, 1.807) is 0 Å². The third-order valence-electron chi connectivity index (χ3n) is 5.03. The Morgan fingerprint density at radius 3 is 1.71 bits per heavy atom. The lowest BCUT2D eigenvalue weighted by molar-refractivity contribution is 0.0262. The molecule has 2 fully saturated rings. The minimum atomic E-state index is 0.344. The zero-order chi connectivity index (χ0) is 15.7. The molecule has 2 heterocycles. The standard InChI is InChI=1S/C18H37N3/c1-17(2,3)15-19-11-13-20(14-12-19)16-7-9-21(10-8-16)18(4,5)6/h16H,7-15H2,1-6H3. The molecule has 21 heavy (non-hydrogen) atoms. The van der Waals surface area contributed by atoms with Crippen LogP contribution in [0, 0.1) is 5.41 Å². The highest BCUT2D eigenvalue weighted by Crippen LogP contribution is 2.24. The quantitative estimate of drug-likeness (QED) is 0.775. The van der Waals surface area contributed by atoms with Crippen LogP contribution in [0.1, 0.15) is 54.4 Å². The van der Waals surface area contributed by atoms with Gasteiger partial charge in [-0.05, 0) is 39.0 Å². The molecule has 2 aliphatic rings. The third-order valence-corrected chi connectivity index (χ3v) is 5.03. The van der Waals surface area contributed by atoms with Gasteiger partial charge in [0.15, 0.2) is 0 Å². The van der Waals surface area contributed by atoms with Crippen LogP contribution < -0.4 is 0 Å². The van der Waals surface area contributed by atoms with E-state index >= 15 is 0 Å². The second-order valence-corrected chi connectivity index (χ2v) is 9.26. The highest BCUT2D eigenvalue weighted by atomic mass is 15.3. The van der Waals surface area contributed by atoms with Gasteiger partial charge in [-0.2, -0.15) is 0 Å². The Morgan fingerprint density at radius 2 is 1.29 bits per heavy atom. The Labute approximate surface area is 132 Å². The molecule has 0 bridgehead atoms. The molecule has 124 valence electrons. The molecule has 0 unspecified atom stereocenters. The van der Waals surface area contributed by atoms with Gasteiger partial charge in [0.1, 0.15) is 0 Å². The molecule has 0 aromatic carbocycles. The summed E-state index contributed by atoms with van der Waals surface area (Å²) in [6, 6.07) is 0.834. The molecule has 0 amide bonds. The SMILES string of the molecule is CC(C)(C)CN1CCN(C2CCN(C(C)(C)C)CC2)CC1. The van der Waals surface area contributed by atoms with Gasteiger partial charge in [0, 0.05) is 57.4 Å². The number of hydrogen-bond donors (Lipinski definition) is 0. The second kappa shape index (κ2) is 6.55. The Bertz CT molecular complexity index is 310. The lowest BCUT2D eigenvalue weighted by Gasteiger charge is -2.46. The molecule has 0 saturated carbocycles. The van der Waals surface area contributed by atoms with Gasteiger partial charge in [-0.15, -0.1) is 0 Å². The van der Waals surface area contributed by atoms with Crippen LogP contribution in [0.4, 0.5) is 0 Å². The van der Waals surface area contributed by atoms with Crippen molar-refractivity contribution in [1.29, 1.82) is 0 Å². The zero-order valence-corrected chi connectivity index (χ0v) is 15.3. The van der Waals surface area contributed by atoms with Gasteiger partial charge >= 0.3 is 0 Å². The molecule has 0 radical (unpaired) electrons. The van der Waals surface area contributed by atoms with E-state index < -0.39 is 0 Å². The number of likely N-dealkylation sites (tertiary alicyclic amines) is 1. The third kappa shape index (κ3) is 5.22. The molecular weight excluding hydrogens is 258 g/mol. The maximum absolute atomic E-state index is 2.76. The molecule has 2 saturated heterocycles. The summed E-state index contributed by atoms with van der Waals surface area (Å²) in [5.74, 6) is 0. The first-order valence-electron chi connectivity index (χ1n) is 8.87. The van der Waals surface area contributed by atoms with E-state index in [1.165, 1.54) is 58.7 Å². The minimum Gasteiger partial charge on any atom is -0.300 e. The first kappa shape index (κ1) is 17.2. The zero-order valence-electron chi connectivity index (χ0n) is 15.3. The minimum absolute atomic E-state index is 0.344. The molecule has 2 aliphatic heterocycles. The Hall–Kier alpha value is -0.120. The van der Waals surface area contributed by atoms with Crippen LogP contribution in [0.25, 0.3) is 0 Å². The lowest BCUT2D eigenvalue weighted by atomic mass is 9.95. The summed E-state index contributed by atoms with van der Waals surface area (Å²) in [6.45, 7) is 22.9. The van der Waals surface area contributed by atoms with Crippen LogP contribution in [0.2, 0.25) is 0 Å². The van der Waals surface area contributed by atoms with E-state index in [1.807, 2.05) is 0 Å². The van der Waals surface area contributed by atoms with Crippen molar-refractivity contribution in [2.75, 3.05) is 45.8 Å². The highest BCUT2D eigenvalue weighted by molar-refractivity contribution is 4.87. The predicted octanol–water partition coefficient (Wildman–Crippen LogP) is 2.91. The fraction of sp³-hybridized carbons (Fsp3) is 1.00. The monoisotopic (exact) mass is 295 g/mol. The number of rotatable bonds is 2. The topological polar surface area (TPSA) is 9.72 Å². The molecule has 0 N–H and O–H groups in total. The summed E-state index contributed by atoms with van der Waals surface area (Å²) >= 11 is 0. The molecule has 3 heteroatoms. The van der Waals surface area contributed by atoms with E-state index in [0.717, 1.165) is 6.04 Å². The molecule has 0 aromatic rings. The second-order valence-electron chi connectivity index (χ2n) is 9.26. The molecule has 2 rings (SSSR count). The number of piperazine rings is 1. The normalized spacial score (nSPS) is 25.4. The van der Waals surface area contributed by atoms with Crippen LogP contribution in [0.5, 0.6) is 0 Å². The van der Waals surface area contributed by atoms with Crippen molar-refractivity contribution in [1.82, 2.24) is 14.7 Å². The highest BCUT2D eigenvalue weighted by Gasteiger charge is 2.31. The molecule has 0 aromatic heterocycles. The van der Waals surface area contributed by atoms with Gasteiger partial charge in [0.05, 0.1) is 0 Å². The van der Waals surface area contributed by atoms with Gasteiger partial charge in [-0.3, -0.25) is 9.80 Å². The van der Waals surface area contributed by atoms with Crippen LogP contribution in [0.3, 0.4) is 0 Å². The Balaban J connectivity index is 1.74. The predicted molar refractivity (Wildman–Crippen MR) is 91.8 cm³/mol. The van der Waals surface area contributed by atoms with Crippen LogP contribution in [0.15, 0.2) is 0 Å². The van der Waals surface area contributed by atoms with E-state index in [-0.39, 0.29) is 0 Å². The first-order chi connectivity index (χ1) is 9.65. The molecule has 3 nitrogen and oxygen atoms in total.